The number of sulfone groups is 1. The van der Waals surface area contributed by atoms with Crippen LogP contribution in [0.3, 0.4) is 0 Å². The van der Waals surface area contributed by atoms with Gasteiger partial charge in [0.05, 0.1) is 37.2 Å². The average molecular weight is 423 g/mol. The first-order chi connectivity index (χ1) is 13.7. The van der Waals surface area contributed by atoms with Gasteiger partial charge in [0.1, 0.15) is 15.7 Å². The van der Waals surface area contributed by atoms with E-state index in [9.17, 15) is 17.6 Å². The number of aromatic amines is 1. The van der Waals surface area contributed by atoms with Crippen LogP contribution in [0.25, 0.3) is 11.2 Å². The number of halogens is 1. The van der Waals surface area contributed by atoms with Crippen molar-refractivity contribution in [2.24, 2.45) is 0 Å². The molecule has 0 spiro atoms. The maximum absolute atomic E-state index is 13.5. The molecule has 2 heterocycles. The summed E-state index contributed by atoms with van der Waals surface area (Å²) in [6, 6.07) is 5.67. The van der Waals surface area contributed by atoms with Crippen molar-refractivity contribution in [1.29, 1.82) is 0 Å². The third kappa shape index (κ3) is 4.76. The highest BCUT2D eigenvalue weighted by molar-refractivity contribution is 7.90. The van der Waals surface area contributed by atoms with Gasteiger partial charge in [0.2, 0.25) is 0 Å². The Bertz CT molecular complexity index is 1190. The first-order valence-corrected chi connectivity index (χ1v) is 11.0. The van der Waals surface area contributed by atoms with Crippen molar-refractivity contribution < 1.29 is 22.3 Å². The van der Waals surface area contributed by atoms with Crippen molar-refractivity contribution in [3.8, 4) is 11.5 Å². The van der Waals surface area contributed by atoms with Gasteiger partial charge in [0.25, 0.3) is 0 Å². The second-order valence-electron chi connectivity index (χ2n) is 6.69. The number of ether oxygens (including phenoxy) is 2. The van der Waals surface area contributed by atoms with Crippen molar-refractivity contribution in [3.05, 3.63) is 52.3 Å². The Kier molecular flexibility index (Phi) is 5.92. The van der Waals surface area contributed by atoms with Crippen molar-refractivity contribution in [3.63, 3.8) is 0 Å². The predicted molar refractivity (Wildman–Crippen MR) is 107 cm³/mol. The van der Waals surface area contributed by atoms with Crippen LogP contribution < -0.4 is 15.2 Å². The van der Waals surface area contributed by atoms with Crippen LogP contribution in [0.1, 0.15) is 18.5 Å². The summed E-state index contributed by atoms with van der Waals surface area (Å²) in [5.41, 5.74) is 0.610. The van der Waals surface area contributed by atoms with Crippen LogP contribution in [0.4, 0.5) is 4.39 Å². The van der Waals surface area contributed by atoms with E-state index in [4.69, 9.17) is 9.47 Å². The Labute approximate surface area is 167 Å². The van der Waals surface area contributed by atoms with Crippen LogP contribution in [0.15, 0.2) is 35.3 Å². The topological polar surface area (TPSA) is 103 Å². The molecule has 3 aromatic rings. The summed E-state index contributed by atoms with van der Waals surface area (Å²) in [5, 5.41) is 0. The number of rotatable bonds is 8. The number of imidazole rings is 1. The van der Waals surface area contributed by atoms with Gasteiger partial charge >= 0.3 is 5.69 Å². The van der Waals surface area contributed by atoms with E-state index in [1.165, 1.54) is 11.7 Å². The molecule has 3 rings (SSSR count). The minimum absolute atomic E-state index is 0.198. The van der Waals surface area contributed by atoms with Gasteiger partial charge < -0.3 is 14.5 Å². The summed E-state index contributed by atoms with van der Waals surface area (Å²) < 4.78 is 49.7. The van der Waals surface area contributed by atoms with Crippen LogP contribution >= 0.6 is 0 Å². The minimum atomic E-state index is -3.43. The number of nitrogens with one attached hydrogen (secondary N) is 1. The van der Waals surface area contributed by atoms with Gasteiger partial charge in [-0.2, -0.15) is 0 Å². The Balaban J connectivity index is 2.07. The number of hydrogen-bond acceptors (Lipinski definition) is 6. The van der Waals surface area contributed by atoms with Crippen LogP contribution in [0.5, 0.6) is 11.5 Å². The fraction of sp³-hybridized carbons (Fsp3) is 0.368. The second-order valence-corrected chi connectivity index (χ2v) is 8.88. The first kappa shape index (κ1) is 20.8. The summed E-state index contributed by atoms with van der Waals surface area (Å²) in [6.07, 6.45) is 2.32. The molecule has 2 aromatic heterocycles. The van der Waals surface area contributed by atoms with Gasteiger partial charge in [-0.3, -0.25) is 4.57 Å². The molecule has 1 N–H and O–H groups in total. The molecule has 0 aliphatic heterocycles. The number of aromatic nitrogens is 3. The molecule has 156 valence electrons. The second kappa shape index (κ2) is 8.24. The van der Waals surface area contributed by atoms with E-state index in [0.29, 0.717) is 18.1 Å². The van der Waals surface area contributed by atoms with E-state index < -0.39 is 27.4 Å². The SMILES string of the molecule is CCOc1cc(CC(CS(C)(=O)=O)n2c(=O)[nH]c3cc(F)cnc32)ccc1OC. The number of pyridine rings is 1. The Morgan fingerprint density at radius 2 is 2.03 bits per heavy atom. The molecule has 10 heteroatoms. The quantitative estimate of drug-likeness (QED) is 0.595. The summed E-state index contributed by atoms with van der Waals surface area (Å²) in [4.78, 5) is 19.1. The van der Waals surface area contributed by atoms with Crippen molar-refractivity contribution in [2.45, 2.75) is 19.4 Å². The van der Waals surface area contributed by atoms with E-state index >= 15 is 0 Å². The molecular formula is C19H22FN3O5S. The number of nitrogens with zero attached hydrogens (tertiary/aromatic N) is 2. The monoisotopic (exact) mass is 423 g/mol. The molecule has 0 fully saturated rings. The Morgan fingerprint density at radius 1 is 1.28 bits per heavy atom. The predicted octanol–water partition coefficient (Wildman–Crippen LogP) is 2.10. The zero-order valence-electron chi connectivity index (χ0n) is 16.3. The fourth-order valence-corrected chi connectivity index (χ4v) is 4.25. The smallest absolute Gasteiger partial charge is 0.327 e. The number of fused-ring (bicyclic) bond motifs is 1. The molecule has 8 nitrogen and oxygen atoms in total. The van der Waals surface area contributed by atoms with E-state index in [-0.39, 0.29) is 23.3 Å². The van der Waals surface area contributed by atoms with Crippen molar-refractivity contribution in [1.82, 2.24) is 14.5 Å². The van der Waals surface area contributed by atoms with Gasteiger partial charge in [-0.05, 0) is 31.0 Å². The highest BCUT2D eigenvalue weighted by atomic mass is 32.2. The third-order valence-electron chi connectivity index (χ3n) is 4.38. The van der Waals surface area contributed by atoms with E-state index in [0.717, 1.165) is 24.1 Å². The van der Waals surface area contributed by atoms with Gasteiger partial charge in [-0.25, -0.2) is 22.6 Å². The van der Waals surface area contributed by atoms with Crippen LogP contribution in [0.2, 0.25) is 0 Å². The van der Waals surface area contributed by atoms with Crippen LogP contribution in [-0.2, 0) is 16.3 Å². The minimum Gasteiger partial charge on any atom is -0.493 e. The summed E-state index contributed by atoms with van der Waals surface area (Å²) in [5.74, 6) is 0.199. The maximum Gasteiger partial charge on any atom is 0.327 e. The lowest BCUT2D eigenvalue weighted by Crippen LogP contribution is -2.29. The van der Waals surface area contributed by atoms with Gasteiger partial charge in [0.15, 0.2) is 17.1 Å². The third-order valence-corrected chi connectivity index (χ3v) is 5.37. The van der Waals surface area contributed by atoms with E-state index in [1.54, 1.807) is 18.2 Å². The highest BCUT2D eigenvalue weighted by Gasteiger charge is 2.23. The van der Waals surface area contributed by atoms with Crippen molar-refractivity contribution in [2.75, 3.05) is 25.7 Å². The Hall–Kier alpha value is -2.88. The lowest BCUT2D eigenvalue weighted by atomic mass is 10.1. The highest BCUT2D eigenvalue weighted by Crippen LogP contribution is 2.30. The summed E-state index contributed by atoms with van der Waals surface area (Å²) >= 11 is 0. The van der Waals surface area contributed by atoms with Gasteiger partial charge in [-0.15, -0.1) is 0 Å². The molecule has 0 aliphatic rings. The Morgan fingerprint density at radius 3 is 2.69 bits per heavy atom. The lowest BCUT2D eigenvalue weighted by molar-refractivity contribution is 0.310. The zero-order valence-corrected chi connectivity index (χ0v) is 17.1. The molecule has 0 bridgehead atoms. The molecule has 0 saturated carbocycles. The molecule has 0 aliphatic carbocycles. The first-order valence-electron chi connectivity index (χ1n) is 8.95. The molecule has 0 saturated heterocycles. The molecule has 0 radical (unpaired) electrons. The zero-order chi connectivity index (χ0) is 21.2. The van der Waals surface area contributed by atoms with Crippen LogP contribution in [0, 0.1) is 5.82 Å². The standard InChI is InChI=1S/C19H22FN3O5S/c1-4-28-17-8-12(5-6-16(17)27-2)7-14(11-29(3,25)26)23-18-15(22-19(23)24)9-13(20)10-21-18/h5-6,8-10,14H,4,7,11H2,1-3H3,(H,22,24). The summed E-state index contributed by atoms with van der Waals surface area (Å²) in [6.45, 7) is 2.28. The van der Waals surface area contributed by atoms with E-state index in [2.05, 4.69) is 9.97 Å². The molecule has 1 atom stereocenters. The van der Waals surface area contributed by atoms with Crippen molar-refractivity contribution >= 4 is 21.0 Å². The van der Waals surface area contributed by atoms with Gasteiger partial charge in [-0.1, -0.05) is 6.07 Å². The number of hydrogen-bond donors (Lipinski definition) is 1. The van der Waals surface area contributed by atoms with E-state index in [1.807, 2.05) is 6.92 Å². The lowest BCUT2D eigenvalue weighted by Gasteiger charge is -2.19. The average Bonchev–Trinajstić information content (AvgIpc) is 2.95. The number of benzene rings is 1. The molecule has 0 amide bonds. The fourth-order valence-electron chi connectivity index (χ4n) is 3.29. The molecule has 1 unspecified atom stereocenters. The normalized spacial score (nSPS) is 12.8. The van der Waals surface area contributed by atoms with Crippen LogP contribution in [-0.4, -0.2) is 48.7 Å². The number of H-pyrrole nitrogens is 1. The molecular weight excluding hydrogens is 401 g/mol. The van der Waals surface area contributed by atoms with Gasteiger partial charge in [0, 0.05) is 12.3 Å². The number of methoxy groups -OCH3 is 1. The molecule has 1 aromatic carbocycles. The summed E-state index contributed by atoms with van der Waals surface area (Å²) in [7, 11) is -1.90. The maximum atomic E-state index is 13.5. The largest absolute Gasteiger partial charge is 0.493 e. The molecule has 29 heavy (non-hydrogen) atoms.